The van der Waals surface area contributed by atoms with Crippen molar-refractivity contribution in [3.63, 3.8) is 0 Å². The minimum atomic E-state index is 0.216. The van der Waals surface area contributed by atoms with E-state index in [9.17, 15) is 4.79 Å². The van der Waals surface area contributed by atoms with Crippen molar-refractivity contribution in [3.05, 3.63) is 106 Å². The molecule has 0 radical (unpaired) electrons. The molecule has 4 heteroatoms. The number of piperazine rings is 1. The molecule has 1 fully saturated rings. The second kappa shape index (κ2) is 10.6. The molecule has 3 nitrogen and oxygen atoms in total. The van der Waals surface area contributed by atoms with E-state index >= 15 is 0 Å². The van der Waals surface area contributed by atoms with Gasteiger partial charge in [-0.3, -0.25) is 4.79 Å². The molecular formula is C27H29ClN2O. The molecule has 0 unspecified atom stereocenters. The predicted molar refractivity (Wildman–Crippen MR) is 128 cm³/mol. The lowest BCUT2D eigenvalue weighted by Gasteiger charge is -2.36. The van der Waals surface area contributed by atoms with Gasteiger partial charge in [-0.15, -0.1) is 0 Å². The second-order valence-electron chi connectivity index (χ2n) is 8.21. The predicted octanol–water partition coefficient (Wildman–Crippen LogP) is 4.91. The van der Waals surface area contributed by atoms with Gasteiger partial charge in [-0.1, -0.05) is 78.3 Å². The molecule has 3 aromatic rings. The van der Waals surface area contributed by atoms with Gasteiger partial charge >= 0.3 is 0 Å². The third-order valence-electron chi connectivity index (χ3n) is 6.02. The monoisotopic (exact) mass is 432 g/mol. The molecule has 0 bridgehead atoms. The van der Waals surface area contributed by atoms with Crippen LogP contribution in [0.4, 0.5) is 0 Å². The number of hydrogen-bond acceptors (Lipinski definition) is 2. The van der Waals surface area contributed by atoms with Crippen LogP contribution in [0.3, 0.4) is 0 Å². The van der Waals surface area contributed by atoms with Crippen molar-refractivity contribution in [2.75, 3.05) is 19.6 Å². The summed E-state index contributed by atoms with van der Waals surface area (Å²) in [6.07, 6.45) is 3.06. The summed E-state index contributed by atoms with van der Waals surface area (Å²) in [4.78, 5) is 15.3. The molecule has 0 aliphatic carbocycles. The summed E-state index contributed by atoms with van der Waals surface area (Å²) in [6.45, 7) is 2.50. The maximum absolute atomic E-state index is 13.2. The topological polar surface area (TPSA) is 32.3 Å². The van der Waals surface area contributed by atoms with Crippen molar-refractivity contribution in [1.82, 2.24) is 10.2 Å². The van der Waals surface area contributed by atoms with E-state index in [1.54, 1.807) is 0 Å². The van der Waals surface area contributed by atoms with Crippen LogP contribution >= 0.6 is 11.6 Å². The maximum atomic E-state index is 13.2. The Hall–Kier alpha value is -2.62. The number of halogens is 1. The Kier molecular flexibility index (Phi) is 7.39. The number of nitrogens with one attached hydrogen (secondary N) is 1. The molecule has 0 aromatic heterocycles. The third kappa shape index (κ3) is 5.96. The summed E-state index contributed by atoms with van der Waals surface area (Å²) in [6, 6.07) is 27.1. The number of benzene rings is 3. The van der Waals surface area contributed by atoms with Gasteiger partial charge in [0.05, 0.1) is 0 Å². The molecule has 1 heterocycles. The van der Waals surface area contributed by atoms with Gasteiger partial charge in [0.2, 0.25) is 5.91 Å². The molecule has 160 valence electrons. The average Bonchev–Trinajstić information content (AvgIpc) is 2.81. The van der Waals surface area contributed by atoms with Crippen molar-refractivity contribution in [3.8, 4) is 0 Å². The fourth-order valence-corrected chi connectivity index (χ4v) is 4.47. The Labute approximate surface area is 190 Å². The molecular weight excluding hydrogens is 404 g/mol. The van der Waals surface area contributed by atoms with E-state index in [2.05, 4.69) is 70.9 Å². The Bertz CT molecular complexity index is 988. The zero-order valence-corrected chi connectivity index (χ0v) is 18.5. The molecule has 1 aliphatic heterocycles. The molecule has 1 atom stereocenters. The van der Waals surface area contributed by atoms with Gasteiger partial charge in [0, 0.05) is 37.1 Å². The Morgan fingerprint density at radius 2 is 1.61 bits per heavy atom. The van der Waals surface area contributed by atoms with E-state index in [4.69, 9.17) is 11.6 Å². The van der Waals surface area contributed by atoms with E-state index in [0.717, 1.165) is 43.9 Å². The molecule has 1 N–H and O–H groups in total. The van der Waals surface area contributed by atoms with Crippen molar-refractivity contribution in [2.24, 2.45) is 0 Å². The highest BCUT2D eigenvalue weighted by atomic mass is 35.5. The number of amides is 1. The third-order valence-corrected chi connectivity index (χ3v) is 6.27. The smallest absolute Gasteiger partial charge is 0.223 e. The number of nitrogens with zero attached hydrogens (tertiary/aromatic N) is 1. The Balaban J connectivity index is 1.40. The van der Waals surface area contributed by atoms with E-state index in [-0.39, 0.29) is 11.9 Å². The van der Waals surface area contributed by atoms with Crippen molar-refractivity contribution >= 4 is 17.5 Å². The van der Waals surface area contributed by atoms with Crippen LogP contribution in [0.1, 0.15) is 28.7 Å². The van der Waals surface area contributed by atoms with E-state index in [1.807, 2.05) is 18.2 Å². The zero-order chi connectivity index (χ0) is 21.5. The molecule has 31 heavy (non-hydrogen) atoms. The number of hydrogen-bond donors (Lipinski definition) is 1. The maximum Gasteiger partial charge on any atom is 0.223 e. The first kappa shape index (κ1) is 21.6. The molecule has 0 spiro atoms. The van der Waals surface area contributed by atoms with Crippen LogP contribution in [0.15, 0.2) is 78.9 Å². The standard InChI is InChI=1S/C27H29ClN2O/c28-25-13-10-22(11-14-25)18-24-9-5-4-8-23(24)12-15-27(31)30-17-16-29-20-26(30)19-21-6-2-1-3-7-21/h1-11,13-14,26,29H,12,15-20H2/t26-/m1/s1. The summed E-state index contributed by atoms with van der Waals surface area (Å²) in [5.41, 5.74) is 5.04. The highest BCUT2D eigenvalue weighted by Gasteiger charge is 2.26. The number of rotatable bonds is 7. The molecule has 1 amide bonds. The zero-order valence-electron chi connectivity index (χ0n) is 17.8. The van der Waals surface area contributed by atoms with Crippen LogP contribution in [0.25, 0.3) is 0 Å². The van der Waals surface area contributed by atoms with Crippen molar-refractivity contribution in [1.29, 1.82) is 0 Å². The molecule has 1 saturated heterocycles. The van der Waals surface area contributed by atoms with Gasteiger partial charge in [0.15, 0.2) is 0 Å². The summed E-state index contributed by atoms with van der Waals surface area (Å²) < 4.78 is 0. The van der Waals surface area contributed by atoms with Gasteiger partial charge in [-0.05, 0) is 53.6 Å². The molecule has 0 saturated carbocycles. The second-order valence-corrected chi connectivity index (χ2v) is 8.64. The summed E-state index contributed by atoms with van der Waals surface area (Å²) in [7, 11) is 0. The van der Waals surface area contributed by atoms with E-state index < -0.39 is 0 Å². The average molecular weight is 433 g/mol. The van der Waals surface area contributed by atoms with E-state index in [1.165, 1.54) is 22.3 Å². The fourth-order valence-electron chi connectivity index (χ4n) is 4.34. The van der Waals surface area contributed by atoms with Gasteiger partial charge in [0.25, 0.3) is 0 Å². The van der Waals surface area contributed by atoms with Crippen LogP contribution in [-0.4, -0.2) is 36.5 Å². The van der Waals surface area contributed by atoms with Crippen molar-refractivity contribution < 1.29 is 4.79 Å². The lowest BCUT2D eigenvalue weighted by atomic mass is 9.96. The van der Waals surface area contributed by atoms with Gasteiger partial charge in [-0.2, -0.15) is 0 Å². The van der Waals surface area contributed by atoms with Crippen LogP contribution in [0.5, 0.6) is 0 Å². The first-order chi connectivity index (χ1) is 15.2. The van der Waals surface area contributed by atoms with Crippen LogP contribution < -0.4 is 5.32 Å². The summed E-state index contributed by atoms with van der Waals surface area (Å²) in [5, 5.41) is 4.20. The van der Waals surface area contributed by atoms with Crippen LogP contribution in [-0.2, 0) is 24.1 Å². The highest BCUT2D eigenvalue weighted by molar-refractivity contribution is 6.30. The molecule has 1 aliphatic rings. The highest BCUT2D eigenvalue weighted by Crippen LogP contribution is 2.19. The molecule has 4 rings (SSSR count). The Morgan fingerprint density at radius 3 is 2.39 bits per heavy atom. The quantitative estimate of drug-likeness (QED) is 0.575. The molecule has 3 aromatic carbocycles. The van der Waals surface area contributed by atoms with Crippen LogP contribution in [0.2, 0.25) is 5.02 Å². The fraction of sp³-hybridized carbons (Fsp3) is 0.296. The lowest BCUT2D eigenvalue weighted by Crippen LogP contribution is -2.54. The largest absolute Gasteiger partial charge is 0.337 e. The normalized spacial score (nSPS) is 16.3. The van der Waals surface area contributed by atoms with Gasteiger partial charge in [0.1, 0.15) is 0 Å². The first-order valence-electron chi connectivity index (χ1n) is 11.0. The lowest BCUT2D eigenvalue weighted by molar-refractivity contribution is -0.134. The first-order valence-corrected chi connectivity index (χ1v) is 11.4. The number of carbonyl (C=O) groups excluding carboxylic acids is 1. The minimum Gasteiger partial charge on any atom is -0.337 e. The Morgan fingerprint density at radius 1 is 0.903 bits per heavy atom. The minimum absolute atomic E-state index is 0.216. The van der Waals surface area contributed by atoms with Gasteiger partial charge < -0.3 is 10.2 Å². The van der Waals surface area contributed by atoms with E-state index in [0.29, 0.717) is 6.42 Å². The van der Waals surface area contributed by atoms with Crippen molar-refractivity contribution in [2.45, 2.75) is 31.7 Å². The number of carbonyl (C=O) groups is 1. The summed E-state index contributed by atoms with van der Waals surface area (Å²) in [5.74, 6) is 0.253. The summed E-state index contributed by atoms with van der Waals surface area (Å²) >= 11 is 6.02. The van der Waals surface area contributed by atoms with Gasteiger partial charge in [-0.25, -0.2) is 0 Å². The SMILES string of the molecule is O=C(CCc1ccccc1Cc1ccc(Cl)cc1)N1CCNC[C@H]1Cc1ccccc1. The van der Waals surface area contributed by atoms with Crippen LogP contribution in [0, 0.1) is 0 Å². The number of aryl methyl sites for hydroxylation is 1.